The zero-order valence-corrected chi connectivity index (χ0v) is 19.2. The molecule has 2 heterocycles. The Morgan fingerprint density at radius 2 is 1.93 bits per heavy atom. The molecule has 0 aliphatic heterocycles. The Morgan fingerprint density at radius 3 is 2.71 bits per heavy atom. The van der Waals surface area contributed by atoms with Crippen molar-refractivity contribution < 1.29 is 26.7 Å². The molecule has 0 aliphatic carbocycles. The third-order valence-corrected chi connectivity index (χ3v) is 6.50. The molecule has 4 rings (SSSR count). The van der Waals surface area contributed by atoms with E-state index in [0.717, 1.165) is 16.3 Å². The van der Waals surface area contributed by atoms with Gasteiger partial charge in [-0.05, 0) is 23.6 Å². The van der Waals surface area contributed by atoms with Crippen LogP contribution < -0.4 is 21.5 Å². The van der Waals surface area contributed by atoms with E-state index in [1.165, 1.54) is 10.9 Å². The first-order chi connectivity index (χ1) is 13.0. The van der Waals surface area contributed by atoms with Gasteiger partial charge in [0.2, 0.25) is 6.33 Å². The molecule has 0 amide bonds. The molecule has 4 aromatic rings. The highest BCUT2D eigenvalue weighted by Crippen LogP contribution is 2.32. The molecule has 0 saturated heterocycles. The minimum Gasteiger partial charge on any atom is -1.00 e. The summed E-state index contributed by atoms with van der Waals surface area (Å²) in [6.07, 6.45) is 5.19. The van der Waals surface area contributed by atoms with Crippen molar-refractivity contribution in [2.24, 2.45) is 0 Å². The van der Waals surface area contributed by atoms with Crippen LogP contribution in [0.1, 0.15) is 17.2 Å². The maximum Gasteiger partial charge on any atom is 0.244 e. The molecule has 0 saturated carbocycles. The molecule has 0 aliphatic rings. The average Bonchev–Trinajstić information content (AvgIpc) is 3.23. The Kier molecular flexibility index (Phi) is 7.07. The molecule has 0 bridgehead atoms. The molecular formula is C20H16BrCl3N2OS. The van der Waals surface area contributed by atoms with Crippen LogP contribution in [0.4, 0.5) is 0 Å². The Bertz CT molecular complexity index is 1110. The van der Waals surface area contributed by atoms with E-state index >= 15 is 0 Å². The third kappa shape index (κ3) is 4.56. The van der Waals surface area contributed by atoms with Crippen LogP contribution >= 0.6 is 46.1 Å². The van der Waals surface area contributed by atoms with Crippen LogP contribution in [-0.2, 0) is 13.1 Å². The molecule has 3 nitrogen and oxygen atoms in total. The van der Waals surface area contributed by atoms with Crippen LogP contribution in [0.3, 0.4) is 0 Å². The second kappa shape index (κ2) is 9.16. The summed E-state index contributed by atoms with van der Waals surface area (Å²) in [7, 11) is 0. The van der Waals surface area contributed by atoms with Gasteiger partial charge in [-0.3, -0.25) is 0 Å². The number of halogens is 4. The van der Waals surface area contributed by atoms with Crippen molar-refractivity contribution >= 4 is 56.2 Å². The van der Waals surface area contributed by atoms with Crippen LogP contribution in [0.2, 0.25) is 15.1 Å². The molecular weight excluding hydrogens is 503 g/mol. The molecule has 1 unspecified atom stereocenters. The highest BCUT2D eigenvalue weighted by Gasteiger charge is 2.17. The molecule has 8 heteroatoms. The summed E-state index contributed by atoms with van der Waals surface area (Å²) in [4.78, 5) is 0. The molecule has 28 heavy (non-hydrogen) atoms. The van der Waals surface area contributed by atoms with Crippen molar-refractivity contribution in [2.75, 3.05) is 0 Å². The van der Waals surface area contributed by atoms with Gasteiger partial charge in [0.05, 0.1) is 9.72 Å². The predicted molar refractivity (Wildman–Crippen MR) is 112 cm³/mol. The van der Waals surface area contributed by atoms with Gasteiger partial charge in [0, 0.05) is 26.6 Å². The van der Waals surface area contributed by atoms with Crippen molar-refractivity contribution in [1.29, 1.82) is 0 Å². The van der Waals surface area contributed by atoms with E-state index in [1.807, 2.05) is 35.4 Å². The lowest BCUT2D eigenvalue weighted by Crippen LogP contribution is -3.00. The van der Waals surface area contributed by atoms with E-state index in [2.05, 4.69) is 16.0 Å². The van der Waals surface area contributed by atoms with Gasteiger partial charge >= 0.3 is 0 Å². The van der Waals surface area contributed by atoms with Gasteiger partial charge in [0.25, 0.3) is 0 Å². The fourth-order valence-electron chi connectivity index (χ4n) is 3.10. The smallest absolute Gasteiger partial charge is 0.244 e. The van der Waals surface area contributed by atoms with Gasteiger partial charge < -0.3 is 22.1 Å². The number of fused-ring (bicyclic) bond motifs is 1. The number of hydrogen-bond acceptors (Lipinski definition) is 2. The fraction of sp³-hybridized carbons (Fsp3) is 0.150. The number of aromatic nitrogens is 2. The second-order valence-corrected chi connectivity index (χ2v) is 8.47. The van der Waals surface area contributed by atoms with Gasteiger partial charge in [-0.25, -0.2) is 9.13 Å². The van der Waals surface area contributed by atoms with Gasteiger partial charge in [-0.15, -0.1) is 11.3 Å². The van der Waals surface area contributed by atoms with E-state index in [4.69, 9.17) is 34.8 Å². The lowest BCUT2D eigenvalue weighted by Gasteiger charge is -2.10. The Hall–Kier alpha value is -1.08. The zero-order chi connectivity index (χ0) is 19.0. The lowest BCUT2D eigenvalue weighted by atomic mass is 10.1. The van der Waals surface area contributed by atoms with E-state index in [-0.39, 0.29) is 17.0 Å². The molecule has 146 valence electrons. The largest absolute Gasteiger partial charge is 1.00 e. The number of benzene rings is 2. The fourth-order valence-corrected chi connectivity index (χ4v) is 4.92. The standard InChI is InChI=1S/C20H16Cl3N2OS.BrH/c21-14-4-5-16(18(23)8-14)19(26)10-25-7-6-24(12-25)9-13-11-27-20-15(13)2-1-3-17(20)22;/h1-8,11-12,19,26H,9-10H2;1H/q+1;/p-1. The van der Waals surface area contributed by atoms with Crippen molar-refractivity contribution in [3.63, 3.8) is 0 Å². The first-order valence-corrected chi connectivity index (χ1v) is 10.3. The molecule has 2 aromatic heterocycles. The van der Waals surface area contributed by atoms with Crippen molar-refractivity contribution in [3.05, 3.63) is 86.7 Å². The minimum atomic E-state index is -0.712. The lowest BCUT2D eigenvalue weighted by molar-refractivity contribution is -0.687. The summed E-state index contributed by atoms with van der Waals surface area (Å²) in [5, 5.41) is 15.6. The predicted octanol–water partition coefficient (Wildman–Crippen LogP) is 2.74. The van der Waals surface area contributed by atoms with Crippen molar-refractivity contribution in [1.82, 2.24) is 4.57 Å². The number of aliphatic hydroxyl groups excluding tert-OH is 1. The van der Waals surface area contributed by atoms with Crippen LogP contribution in [0.15, 0.2) is 60.5 Å². The van der Waals surface area contributed by atoms with Crippen molar-refractivity contribution in [3.8, 4) is 0 Å². The molecule has 1 atom stereocenters. The Labute approximate surface area is 192 Å². The Balaban J connectivity index is 0.00000225. The summed E-state index contributed by atoms with van der Waals surface area (Å²) in [6.45, 7) is 1.15. The summed E-state index contributed by atoms with van der Waals surface area (Å²) in [5.41, 5.74) is 1.89. The van der Waals surface area contributed by atoms with Crippen LogP contribution in [0.25, 0.3) is 10.1 Å². The zero-order valence-electron chi connectivity index (χ0n) is 14.5. The summed E-state index contributed by atoms with van der Waals surface area (Å²) < 4.78 is 5.14. The monoisotopic (exact) mass is 516 g/mol. The highest BCUT2D eigenvalue weighted by molar-refractivity contribution is 7.18. The number of nitrogens with zero attached hydrogens (tertiary/aromatic N) is 2. The normalized spacial score (nSPS) is 12.1. The van der Waals surface area contributed by atoms with Gasteiger partial charge in [0.15, 0.2) is 0 Å². The number of thiophene rings is 1. The van der Waals surface area contributed by atoms with Gasteiger partial charge in [-0.2, -0.15) is 0 Å². The molecule has 0 fully saturated rings. The first kappa shape index (κ1) is 21.6. The second-order valence-electron chi connectivity index (χ2n) is 6.34. The van der Waals surface area contributed by atoms with Crippen LogP contribution in [0.5, 0.6) is 0 Å². The first-order valence-electron chi connectivity index (χ1n) is 8.33. The molecule has 1 N–H and O–H groups in total. The Morgan fingerprint density at radius 1 is 1.11 bits per heavy atom. The third-order valence-electron chi connectivity index (χ3n) is 4.44. The number of aliphatic hydroxyl groups is 1. The van der Waals surface area contributed by atoms with Gasteiger partial charge in [-0.1, -0.05) is 53.0 Å². The SMILES string of the molecule is OC(Cn1cc[n+](Cc2csc3c(Cl)cccc23)c1)c1ccc(Cl)cc1Cl.[Br-]. The average molecular weight is 519 g/mol. The minimum absolute atomic E-state index is 0. The topological polar surface area (TPSA) is 29.0 Å². The maximum atomic E-state index is 10.5. The van der Waals surface area contributed by atoms with Crippen LogP contribution in [-0.4, -0.2) is 9.67 Å². The van der Waals surface area contributed by atoms with Crippen molar-refractivity contribution in [2.45, 2.75) is 19.2 Å². The van der Waals surface area contributed by atoms with E-state index in [1.54, 1.807) is 29.5 Å². The molecule has 0 radical (unpaired) electrons. The highest BCUT2D eigenvalue weighted by atomic mass is 79.9. The summed E-state index contributed by atoms with van der Waals surface area (Å²) in [5.74, 6) is 0. The molecule has 0 spiro atoms. The number of hydrogen-bond donors (Lipinski definition) is 1. The molecule has 2 aromatic carbocycles. The van der Waals surface area contributed by atoms with E-state index < -0.39 is 6.10 Å². The number of rotatable bonds is 5. The van der Waals surface area contributed by atoms with E-state index in [9.17, 15) is 5.11 Å². The quantitative estimate of drug-likeness (QED) is 0.405. The number of imidazole rings is 1. The van der Waals surface area contributed by atoms with Crippen LogP contribution in [0, 0.1) is 0 Å². The van der Waals surface area contributed by atoms with E-state index in [0.29, 0.717) is 22.2 Å². The van der Waals surface area contributed by atoms with Gasteiger partial charge in [0.1, 0.15) is 31.6 Å². The summed E-state index contributed by atoms with van der Waals surface area (Å²) >= 11 is 20.0. The summed E-state index contributed by atoms with van der Waals surface area (Å²) in [6, 6.07) is 11.1. The maximum absolute atomic E-state index is 10.5.